The third-order valence-corrected chi connectivity index (χ3v) is 6.28. The maximum Gasteiger partial charge on any atom is 0.180 e. The number of pyridine rings is 2. The van der Waals surface area contributed by atoms with Gasteiger partial charge < -0.3 is 5.43 Å². The highest BCUT2D eigenvalue weighted by atomic mass is 35.5. The van der Waals surface area contributed by atoms with Gasteiger partial charge in [0.1, 0.15) is 5.82 Å². The fraction of sp³-hybridized carbons (Fsp3) is 0.261. The van der Waals surface area contributed by atoms with E-state index in [0.717, 1.165) is 53.7 Å². The van der Waals surface area contributed by atoms with E-state index in [-0.39, 0.29) is 0 Å². The van der Waals surface area contributed by atoms with E-state index in [0.29, 0.717) is 5.02 Å². The Morgan fingerprint density at radius 1 is 1.13 bits per heavy atom. The van der Waals surface area contributed by atoms with Crippen molar-refractivity contribution in [1.82, 2.24) is 24.6 Å². The molecule has 30 heavy (non-hydrogen) atoms. The van der Waals surface area contributed by atoms with Crippen LogP contribution in [0.1, 0.15) is 29.8 Å². The molecule has 1 fully saturated rings. The molecule has 1 aromatic carbocycles. The van der Waals surface area contributed by atoms with E-state index in [2.05, 4.69) is 62.1 Å². The molecule has 3 aromatic heterocycles. The molecule has 6 rings (SSSR count). The van der Waals surface area contributed by atoms with Crippen LogP contribution in [-0.4, -0.2) is 24.6 Å². The SMILES string of the molecule is Clc1c(-c2ccc3c(c2)CN(Cc2cccnc2)N3)ccn2c(CC3CC3)nnc12. The molecule has 1 aliphatic carbocycles. The summed E-state index contributed by atoms with van der Waals surface area (Å²) < 4.78 is 2.04. The van der Waals surface area contributed by atoms with Crippen molar-refractivity contribution in [2.75, 3.05) is 5.43 Å². The monoisotopic (exact) mass is 416 g/mol. The minimum atomic E-state index is 0.658. The van der Waals surface area contributed by atoms with Crippen LogP contribution in [0.2, 0.25) is 5.02 Å². The first kappa shape index (κ1) is 17.9. The molecule has 0 unspecified atom stereocenters. The number of fused-ring (bicyclic) bond motifs is 2. The number of nitrogens with zero attached hydrogens (tertiary/aromatic N) is 5. The number of aromatic nitrogens is 4. The van der Waals surface area contributed by atoms with Crippen molar-refractivity contribution in [1.29, 1.82) is 0 Å². The second kappa shape index (κ2) is 7.07. The standard InChI is InChI=1S/C23H21ClN6/c24-22-19(7-9-30-21(10-15-3-4-15)26-27-23(22)30)17-5-6-20-18(11-17)14-29(28-20)13-16-2-1-8-25-12-16/h1-2,5-9,11-12,15,28H,3-4,10,13-14H2. The summed E-state index contributed by atoms with van der Waals surface area (Å²) >= 11 is 6.77. The van der Waals surface area contributed by atoms with Gasteiger partial charge in [0.2, 0.25) is 0 Å². The van der Waals surface area contributed by atoms with Crippen molar-refractivity contribution in [3.63, 3.8) is 0 Å². The van der Waals surface area contributed by atoms with Gasteiger partial charge in [0.05, 0.1) is 10.7 Å². The zero-order chi connectivity index (χ0) is 20.1. The molecule has 0 amide bonds. The number of hydrogen-bond acceptors (Lipinski definition) is 5. The highest BCUT2D eigenvalue weighted by molar-refractivity contribution is 6.36. The molecule has 150 valence electrons. The van der Waals surface area contributed by atoms with Crippen molar-refractivity contribution < 1.29 is 0 Å². The summed E-state index contributed by atoms with van der Waals surface area (Å²) in [5.74, 6) is 1.76. The van der Waals surface area contributed by atoms with Crippen LogP contribution in [-0.2, 0) is 19.5 Å². The molecule has 0 spiro atoms. The predicted octanol–water partition coefficient (Wildman–Crippen LogP) is 4.74. The largest absolute Gasteiger partial charge is 0.318 e. The Morgan fingerprint density at radius 2 is 2.07 bits per heavy atom. The van der Waals surface area contributed by atoms with Gasteiger partial charge in [0, 0.05) is 43.7 Å². The van der Waals surface area contributed by atoms with Gasteiger partial charge in [-0.3, -0.25) is 9.38 Å². The Kier molecular flexibility index (Phi) is 4.21. The normalized spacial score (nSPS) is 16.0. The minimum absolute atomic E-state index is 0.658. The number of anilines is 1. The lowest BCUT2D eigenvalue weighted by Gasteiger charge is -2.15. The van der Waals surface area contributed by atoms with E-state index in [1.54, 1.807) is 6.20 Å². The molecule has 1 N–H and O–H groups in total. The van der Waals surface area contributed by atoms with Crippen LogP contribution in [0.3, 0.4) is 0 Å². The topological polar surface area (TPSA) is 58.4 Å². The molecule has 0 bridgehead atoms. The first-order valence-electron chi connectivity index (χ1n) is 10.3. The maximum atomic E-state index is 6.77. The Labute approximate surface area is 179 Å². The summed E-state index contributed by atoms with van der Waals surface area (Å²) in [7, 11) is 0. The van der Waals surface area contributed by atoms with Gasteiger partial charge in [-0.25, -0.2) is 5.01 Å². The molecule has 0 saturated heterocycles. The fourth-order valence-electron chi connectivity index (χ4n) is 4.14. The van der Waals surface area contributed by atoms with Crippen molar-refractivity contribution >= 4 is 22.9 Å². The molecular formula is C23H21ClN6. The lowest BCUT2D eigenvalue weighted by Crippen LogP contribution is -2.22. The smallest absolute Gasteiger partial charge is 0.180 e. The summed E-state index contributed by atoms with van der Waals surface area (Å²) in [6.45, 7) is 1.63. The van der Waals surface area contributed by atoms with E-state index in [4.69, 9.17) is 11.6 Å². The Hall–Kier alpha value is -2.96. The quantitative estimate of drug-likeness (QED) is 0.509. The third kappa shape index (κ3) is 3.22. The Bertz CT molecular complexity index is 1230. The van der Waals surface area contributed by atoms with E-state index in [1.807, 2.05) is 16.7 Å². The molecule has 2 aliphatic rings. The number of hydrogen-bond donors (Lipinski definition) is 1. The summed E-state index contributed by atoms with van der Waals surface area (Å²) in [5, 5.41) is 11.6. The van der Waals surface area contributed by atoms with Crippen LogP contribution in [0, 0.1) is 5.92 Å². The van der Waals surface area contributed by atoms with Crippen molar-refractivity contribution in [3.05, 3.63) is 77.0 Å². The van der Waals surface area contributed by atoms with Gasteiger partial charge in [0.25, 0.3) is 0 Å². The fourth-order valence-corrected chi connectivity index (χ4v) is 4.44. The average Bonchev–Trinajstić information content (AvgIpc) is 3.34. The van der Waals surface area contributed by atoms with Crippen molar-refractivity contribution in [3.8, 4) is 11.1 Å². The van der Waals surface area contributed by atoms with Crippen LogP contribution in [0.15, 0.2) is 55.0 Å². The van der Waals surface area contributed by atoms with E-state index < -0.39 is 0 Å². The van der Waals surface area contributed by atoms with E-state index in [9.17, 15) is 0 Å². The average molecular weight is 417 g/mol. The number of rotatable bonds is 5. The van der Waals surface area contributed by atoms with Crippen LogP contribution in [0.25, 0.3) is 16.8 Å². The maximum absolute atomic E-state index is 6.77. The van der Waals surface area contributed by atoms with E-state index >= 15 is 0 Å². The molecule has 0 atom stereocenters. The summed E-state index contributed by atoms with van der Waals surface area (Å²) in [6, 6.07) is 12.6. The van der Waals surface area contributed by atoms with Gasteiger partial charge in [0.15, 0.2) is 5.65 Å². The molecule has 0 radical (unpaired) electrons. The lowest BCUT2D eigenvalue weighted by molar-refractivity contribution is 0.335. The molecule has 1 saturated carbocycles. The van der Waals surface area contributed by atoms with Gasteiger partial charge in [-0.15, -0.1) is 10.2 Å². The molecule has 4 aromatic rings. The lowest BCUT2D eigenvalue weighted by atomic mass is 10.0. The zero-order valence-electron chi connectivity index (χ0n) is 16.4. The first-order chi connectivity index (χ1) is 14.7. The van der Waals surface area contributed by atoms with Gasteiger partial charge in [-0.2, -0.15) is 0 Å². The van der Waals surface area contributed by atoms with Crippen LogP contribution in [0.5, 0.6) is 0 Å². The highest BCUT2D eigenvalue weighted by Crippen LogP contribution is 2.36. The van der Waals surface area contributed by atoms with Gasteiger partial charge >= 0.3 is 0 Å². The molecular weight excluding hydrogens is 396 g/mol. The molecule has 1 aliphatic heterocycles. The highest BCUT2D eigenvalue weighted by Gasteiger charge is 2.25. The second-order valence-corrected chi connectivity index (χ2v) is 8.58. The zero-order valence-corrected chi connectivity index (χ0v) is 17.2. The van der Waals surface area contributed by atoms with Crippen LogP contribution >= 0.6 is 11.6 Å². The molecule has 7 heteroatoms. The van der Waals surface area contributed by atoms with Crippen molar-refractivity contribution in [2.24, 2.45) is 5.92 Å². The summed E-state index contributed by atoms with van der Waals surface area (Å²) in [4.78, 5) is 4.20. The van der Waals surface area contributed by atoms with Crippen LogP contribution in [0.4, 0.5) is 5.69 Å². The summed E-state index contributed by atoms with van der Waals surface area (Å²) in [5.41, 5.74) is 9.87. The Morgan fingerprint density at radius 3 is 2.90 bits per heavy atom. The molecule has 4 heterocycles. The summed E-state index contributed by atoms with van der Waals surface area (Å²) in [6.07, 6.45) is 9.32. The number of nitrogens with one attached hydrogen (secondary N) is 1. The molecule has 6 nitrogen and oxygen atoms in total. The first-order valence-corrected chi connectivity index (χ1v) is 10.7. The second-order valence-electron chi connectivity index (χ2n) is 8.20. The van der Waals surface area contributed by atoms with Gasteiger partial charge in [-0.05, 0) is 59.7 Å². The van der Waals surface area contributed by atoms with Crippen LogP contribution < -0.4 is 5.43 Å². The Balaban J connectivity index is 1.28. The third-order valence-electron chi connectivity index (χ3n) is 5.91. The number of benzene rings is 1. The number of halogens is 1. The van der Waals surface area contributed by atoms with E-state index in [1.165, 1.54) is 24.0 Å². The minimum Gasteiger partial charge on any atom is -0.318 e. The predicted molar refractivity (Wildman–Crippen MR) is 117 cm³/mol. The number of hydrazine groups is 1. The van der Waals surface area contributed by atoms with Crippen molar-refractivity contribution in [2.45, 2.75) is 32.4 Å². The van der Waals surface area contributed by atoms with Gasteiger partial charge in [-0.1, -0.05) is 23.7 Å².